The van der Waals surface area contributed by atoms with E-state index in [-0.39, 0.29) is 11.7 Å². The average molecular weight is 346 g/mol. The second-order valence-electron chi connectivity index (χ2n) is 5.78. The molecule has 3 aromatic carbocycles. The van der Waals surface area contributed by atoms with Crippen LogP contribution in [0.15, 0.2) is 78.9 Å². The summed E-state index contributed by atoms with van der Waals surface area (Å²) >= 11 is 0. The Labute approximate surface area is 149 Å². The first-order valence-corrected chi connectivity index (χ1v) is 8.10. The van der Waals surface area contributed by atoms with E-state index in [9.17, 15) is 9.18 Å². The number of hydrogen-bond acceptors (Lipinski definition) is 2. The smallest absolute Gasteiger partial charge is 0.272 e. The molecule has 0 bridgehead atoms. The lowest BCUT2D eigenvalue weighted by Gasteiger charge is -2.11. The van der Waals surface area contributed by atoms with Gasteiger partial charge in [0.1, 0.15) is 17.3 Å². The summed E-state index contributed by atoms with van der Waals surface area (Å²) in [4.78, 5) is 15.5. The van der Waals surface area contributed by atoms with Crippen LogP contribution in [0.2, 0.25) is 0 Å². The first-order valence-electron chi connectivity index (χ1n) is 8.10. The highest BCUT2D eigenvalue weighted by Crippen LogP contribution is 2.29. The number of para-hydroxylation sites is 3. The number of anilines is 1. The third kappa shape index (κ3) is 3.28. The summed E-state index contributed by atoms with van der Waals surface area (Å²) in [5.74, 6) is 0.531. The van der Waals surface area contributed by atoms with Gasteiger partial charge in [-0.1, -0.05) is 30.3 Å². The van der Waals surface area contributed by atoms with Gasteiger partial charge in [0.2, 0.25) is 0 Å². The molecule has 1 heterocycles. The zero-order valence-electron chi connectivity index (χ0n) is 13.7. The molecule has 0 aliphatic rings. The number of hydrogen-bond donors (Lipinski definition) is 2. The molecule has 0 aliphatic carbocycles. The van der Waals surface area contributed by atoms with E-state index in [1.54, 1.807) is 24.3 Å². The van der Waals surface area contributed by atoms with Crippen molar-refractivity contribution in [3.8, 4) is 11.5 Å². The fourth-order valence-corrected chi connectivity index (χ4v) is 2.69. The van der Waals surface area contributed by atoms with E-state index in [0.29, 0.717) is 28.4 Å². The molecule has 0 unspecified atom stereocenters. The average Bonchev–Trinajstić information content (AvgIpc) is 3.07. The van der Waals surface area contributed by atoms with E-state index in [1.807, 2.05) is 42.5 Å². The molecule has 1 aromatic heterocycles. The maximum absolute atomic E-state index is 13.3. The second kappa shape index (κ2) is 6.72. The minimum atomic E-state index is -0.354. The number of amides is 1. The van der Waals surface area contributed by atoms with Crippen LogP contribution in [0, 0.1) is 5.82 Å². The van der Waals surface area contributed by atoms with Crippen molar-refractivity contribution in [2.24, 2.45) is 0 Å². The zero-order valence-corrected chi connectivity index (χ0v) is 13.7. The van der Waals surface area contributed by atoms with E-state index in [1.165, 1.54) is 12.1 Å². The molecule has 5 heteroatoms. The molecule has 2 N–H and O–H groups in total. The van der Waals surface area contributed by atoms with Crippen molar-refractivity contribution >= 4 is 22.5 Å². The Morgan fingerprint density at radius 2 is 1.69 bits per heavy atom. The minimum Gasteiger partial charge on any atom is -0.455 e. The standard InChI is InChI=1S/C21H15FN2O2/c22-15-11-10-14-12-19(23-18(14)13-15)21(25)24-17-8-4-5-9-20(17)26-16-6-2-1-3-7-16/h1-13,23H,(H,24,25). The van der Waals surface area contributed by atoms with Crippen molar-refractivity contribution in [3.05, 3.63) is 90.4 Å². The lowest BCUT2D eigenvalue weighted by atomic mass is 10.2. The van der Waals surface area contributed by atoms with Crippen LogP contribution in [-0.4, -0.2) is 10.9 Å². The van der Waals surface area contributed by atoms with Crippen molar-refractivity contribution in [1.82, 2.24) is 4.98 Å². The topological polar surface area (TPSA) is 54.1 Å². The van der Waals surface area contributed by atoms with Crippen LogP contribution in [0.5, 0.6) is 11.5 Å². The van der Waals surface area contributed by atoms with E-state index < -0.39 is 0 Å². The Morgan fingerprint density at radius 1 is 0.923 bits per heavy atom. The largest absolute Gasteiger partial charge is 0.455 e. The third-order valence-electron chi connectivity index (χ3n) is 3.94. The van der Waals surface area contributed by atoms with Gasteiger partial charge in [-0.05, 0) is 48.5 Å². The van der Waals surface area contributed by atoms with Gasteiger partial charge in [0.25, 0.3) is 5.91 Å². The van der Waals surface area contributed by atoms with Crippen LogP contribution < -0.4 is 10.1 Å². The summed E-state index contributed by atoms with van der Waals surface area (Å²) < 4.78 is 19.2. The predicted octanol–water partition coefficient (Wildman–Crippen LogP) is 5.35. The SMILES string of the molecule is O=C(Nc1ccccc1Oc1ccccc1)c1cc2ccc(F)cc2[nH]1. The Morgan fingerprint density at radius 3 is 2.54 bits per heavy atom. The molecule has 1 amide bonds. The molecule has 4 aromatic rings. The molecule has 0 radical (unpaired) electrons. The fourth-order valence-electron chi connectivity index (χ4n) is 2.69. The summed E-state index contributed by atoms with van der Waals surface area (Å²) in [5.41, 5.74) is 1.47. The molecule has 4 rings (SSSR count). The molecule has 4 nitrogen and oxygen atoms in total. The first kappa shape index (κ1) is 15.9. The quantitative estimate of drug-likeness (QED) is 0.523. The number of aromatic amines is 1. The number of carbonyl (C=O) groups is 1. The first-order chi connectivity index (χ1) is 12.7. The number of ether oxygens (including phenoxy) is 1. The van der Waals surface area contributed by atoms with Gasteiger partial charge in [-0.25, -0.2) is 4.39 Å². The number of H-pyrrole nitrogens is 1. The molecule has 26 heavy (non-hydrogen) atoms. The zero-order chi connectivity index (χ0) is 17.9. The number of carbonyl (C=O) groups excluding carboxylic acids is 1. The molecule has 0 saturated heterocycles. The molecule has 0 saturated carbocycles. The van der Waals surface area contributed by atoms with Crippen LogP contribution in [0.3, 0.4) is 0 Å². The Balaban J connectivity index is 1.59. The van der Waals surface area contributed by atoms with Crippen molar-refractivity contribution in [1.29, 1.82) is 0 Å². The maximum Gasteiger partial charge on any atom is 0.272 e. The monoisotopic (exact) mass is 346 g/mol. The highest BCUT2D eigenvalue weighted by Gasteiger charge is 2.13. The maximum atomic E-state index is 13.3. The van der Waals surface area contributed by atoms with Crippen LogP contribution in [0.4, 0.5) is 10.1 Å². The predicted molar refractivity (Wildman–Crippen MR) is 99.2 cm³/mol. The van der Waals surface area contributed by atoms with E-state index in [2.05, 4.69) is 10.3 Å². The highest BCUT2D eigenvalue weighted by atomic mass is 19.1. The summed E-state index contributed by atoms with van der Waals surface area (Å²) in [7, 11) is 0. The van der Waals surface area contributed by atoms with E-state index in [0.717, 1.165) is 5.39 Å². The Bertz CT molecular complexity index is 1070. The number of rotatable bonds is 4. The van der Waals surface area contributed by atoms with Crippen molar-refractivity contribution in [2.45, 2.75) is 0 Å². The van der Waals surface area contributed by atoms with Gasteiger partial charge in [0.15, 0.2) is 5.75 Å². The fraction of sp³-hybridized carbons (Fsp3) is 0. The molecule has 0 spiro atoms. The molecular formula is C21H15FN2O2. The minimum absolute atomic E-state index is 0.328. The number of nitrogens with one attached hydrogen (secondary N) is 2. The van der Waals surface area contributed by atoms with Crippen LogP contribution in [0.25, 0.3) is 10.9 Å². The van der Waals surface area contributed by atoms with Crippen molar-refractivity contribution in [3.63, 3.8) is 0 Å². The van der Waals surface area contributed by atoms with Crippen LogP contribution >= 0.6 is 0 Å². The lowest BCUT2D eigenvalue weighted by molar-refractivity contribution is 0.102. The third-order valence-corrected chi connectivity index (χ3v) is 3.94. The number of benzene rings is 3. The van der Waals surface area contributed by atoms with Crippen molar-refractivity contribution < 1.29 is 13.9 Å². The van der Waals surface area contributed by atoms with Crippen LogP contribution in [0.1, 0.15) is 10.5 Å². The van der Waals surface area contributed by atoms with Gasteiger partial charge < -0.3 is 15.0 Å². The Kier molecular flexibility index (Phi) is 4.11. The number of fused-ring (bicyclic) bond motifs is 1. The van der Waals surface area contributed by atoms with Crippen molar-refractivity contribution in [2.75, 3.05) is 5.32 Å². The molecular weight excluding hydrogens is 331 g/mol. The Hall–Kier alpha value is -3.60. The summed E-state index contributed by atoms with van der Waals surface area (Å²) in [6, 6.07) is 22.6. The normalized spacial score (nSPS) is 10.7. The van der Waals surface area contributed by atoms with Gasteiger partial charge in [0.05, 0.1) is 5.69 Å². The van der Waals surface area contributed by atoms with Gasteiger partial charge in [0, 0.05) is 10.9 Å². The highest BCUT2D eigenvalue weighted by molar-refractivity contribution is 6.06. The molecule has 128 valence electrons. The van der Waals surface area contributed by atoms with E-state index >= 15 is 0 Å². The molecule has 0 aliphatic heterocycles. The van der Waals surface area contributed by atoms with Gasteiger partial charge in [-0.3, -0.25) is 4.79 Å². The summed E-state index contributed by atoms with van der Waals surface area (Å²) in [5, 5.41) is 3.60. The second-order valence-corrected chi connectivity index (χ2v) is 5.78. The van der Waals surface area contributed by atoms with Gasteiger partial charge in [-0.15, -0.1) is 0 Å². The van der Waals surface area contributed by atoms with Gasteiger partial charge >= 0.3 is 0 Å². The summed E-state index contributed by atoms with van der Waals surface area (Å²) in [6.45, 7) is 0. The molecule has 0 atom stereocenters. The summed E-state index contributed by atoms with van der Waals surface area (Å²) in [6.07, 6.45) is 0. The van der Waals surface area contributed by atoms with Gasteiger partial charge in [-0.2, -0.15) is 0 Å². The lowest BCUT2D eigenvalue weighted by Crippen LogP contribution is -2.12. The molecule has 0 fully saturated rings. The van der Waals surface area contributed by atoms with Crippen LogP contribution in [-0.2, 0) is 0 Å². The van der Waals surface area contributed by atoms with E-state index in [4.69, 9.17) is 4.74 Å². The number of aromatic nitrogens is 1. The number of halogens is 1.